The van der Waals surface area contributed by atoms with Crippen LogP contribution in [0.15, 0.2) is 35.7 Å². The monoisotopic (exact) mass is 257 g/mol. The van der Waals surface area contributed by atoms with E-state index in [0.717, 1.165) is 16.9 Å². The predicted molar refractivity (Wildman–Crippen MR) is 75.8 cm³/mol. The standard InChI is InChI=1S/C15H15NOS/c1-12-5-2-3-7-15(12)17-10-14-9-13(11-18-14)6-4-8-16/h2-3,5,7,9,11H,8,10,16H2,1H3. The van der Waals surface area contributed by atoms with Gasteiger partial charge in [-0.3, -0.25) is 0 Å². The molecular weight excluding hydrogens is 242 g/mol. The van der Waals surface area contributed by atoms with Crippen molar-refractivity contribution < 1.29 is 4.74 Å². The van der Waals surface area contributed by atoms with Crippen molar-refractivity contribution in [2.45, 2.75) is 13.5 Å². The summed E-state index contributed by atoms with van der Waals surface area (Å²) in [5.74, 6) is 6.79. The number of rotatable bonds is 3. The molecule has 0 saturated carbocycles. The first-order chi connectivity index (χ1) is 8.79. The average Bonchev–Trinajstić information content (AvgIpc) is 2.83. The van der Waals surface area contributed by atoms with Gasteiger partial charge in [0.1, 0.15) is 12.4 Å². The summed E-state index contributed by atoms with van der Waals surface area (Å²) in [5.41, 5.74) is 7.50. The van der Waals surface area contributed by atoms with Crippen molar-refractivity contribution in [1.82, 2.24) is 0 Å². The van der Waals surface area contributed by atoms with Crippen molar-refractivity contribution in [3.8, 4) is 17.6 Å². The Kier molecular flexibility index (Phi) is 4.40. The number of hydrogen-bond acceptors (Lipinski definition) is 3. The highest BCUT2D eigenvalue weighted by atomic mass is 32.1. The normalized spacial score (nSPS) is 9.67. The number of ether oxygens (including phenoxy) is 1. The second kappa shape index (κ2) is 6.25. The van der Waals surface area contributed by atoms with Crippen LogP contribution in [0, 0.1) is 18.8 Å². The van der Waals surface area contributed by atoms with Gasteiger partial charge in [0.2, 0.25) is 0 Å². The molecule has 1 aromatic carbocycles. The molecule has 0 unspecified atom stereocenters. The van der Waals surface area contributed by atoms with Crippen LogP contribution in [-0.2, 0) is 6.61 Å². The van der Waals surface area contributed by atoms with Crippen LogP contribution in [-0.4, -0.2) is 6.54 Å². The van der Waals surface area contributed by atoms with E-state index in [-0.39, 0.29) is 0 Å². The van der Waals surface area contributed by atoms with E-state index in [1.807, 2.05) is 42.6 Å². The zero-order valence-corrected chi connectivity index (χ0v) is 11.1. The summed E-state index contributed by atoms with van der Waals surface area (Å²) in [6.07, 6.45) is 0. The largest absolute Gasteiger partial charge is 0.488 e. The van der Waals surface area contributed by atoms with Crippen molar-refractivity contribution in [2.24, 2.45) is 5.73 Å². The van der Waals surface area contributed by atoms with Crippen molar-refractivity contribution >= 4 is 11.3 Å². The lowest BCUT2D eigenvalue weighted by Crippen LogP contribution is -1.94. The minimum atomic E-state index is 0.394. The van der Waals surface area contributed by atoms with Crippen molar-refractivity contribution in [3.63, 3.8) is 0 Å². The molecule has 1 heterocycles. The first-order valence-electron chi connectivity index (χ1n) is 5.74. The van der Waals surface area contributed by atoms with E-state index in [9.17, 15) is 0 Å². The maximum Gasteiger partial charge on any atom is 0.122 e. The van der Waals surface area contributed by atoms with Crippen LogP contribution in [0.25, 0.3) is 0 Å². The Hall–Kier alpha value is -1.76. The second-order valence-corrected chi connectivity index (χ2v) is 4.86. The zero-order chi connectivity index (χ0) is 12.8. The van der Waals surface area contributed by atoms with Crippen LogP contribution < -0.4 is 10.5 Å². The van der Waals surface area contributed by atoms with Gasteiger partial charge in [-0.25, -0.2) is 0 Å². The SMILES string of the molecule is Cc1ccccc1OCc1cc(C#CCN)cs1. The average molecular weight is 257 g/mol. The van der Waals surface area contributed by atoms with E-state index in [4.69, 9.17) is 10.5 Å². The van der Waals surface area contributed by atoms with Gasteiger partial charge in [0.05, 0.1) is 6.54 Å². The maximum atomic E-state index is 5.78. The molecule has 0 radical (unpaired) electrons. The van der Waals surface area contributed by atoms with Gasteiger partial charge in [-0.2, -0.15) is 0 Å². The Bertz CT molecular complexity index is 577. The summed E-state index contributed by atoms with van der Waals surface area (Å²) in [6.45, 7) is 3.02. The maximum absolute atomic E-state index is 5.78. The van der Waals surface area contributed by atoms with Gasteiger partial charge in [-0.15, -0.1) is 11.3 Å². The third-order valence-corrected chi connectivity index (χ3v) is 3.36. The molecule has 1 aromatic heterocycles. The summed E-state index contributed by atoms with van der Waals surface area (Å²) in [4.78, 5) is 1.17. The number of para-hydroxylation sites is 1. The highest BCUT2D eigenvalue weighted by molar-refractivity contribution is 7.10. The first-order valence-corrected chi connectivity index (χ1v) is 6.62. The van der Waals surface area contributed by atoms with Crippen molar-refractivity contribution in [2.75, 3.05) is 6.54 Å². The lowest BCUT2D eigenvalue weighted by Gasteiger charge is -2.06. The molecule has 0 aliphatic carbocycles. The fraction of sp³-hybridized carbons (Fsp3) is 0.200. The molecule has 2 aromatic rings. The van der Waals surface area contributed by atoms with Crippen LogP contribution in [0.4, 0.5) is 0 Å². The molecule has 0 aliphatic rings. The smallest absolute Gasteiger partial charge is 0.122 e. The fourth-order valence-electron chi connectivity index (χ4n) is 1.54. The molecular formula is C15H15NOS. The number of nitrogens with two attached hydrogens (primary N) is 1. The van der Waals surface area contributed by atoms with Crippen LogP contribution in [0.3, 0.4) is 0 Å². The van der Waals surface area contributed by atoms with Crippen LogP contribution in [0.5, 0.6) is 5.75 Å². The summed E-state index contributed by atoms with van der Waals surface area (Å²) < 4.78 is 5.78. The quantitative estimate of drug-likeness (QED) is 0.858. The minimum absolute atomic E-state index is 0.394. The van der Waals surface area contributed by atoms with Crippen molar-refractivity contribution in [3.05, 3.63) is 51.7 Å². The Morgan fingerprint density at radius 2 is 2.17 bits per heavy atom. The van der Waals surface area contributed by atoms with E-state index in [1.165, 1.54) is 4.88 Å². The molecule has 0 fully saturated rings. The van der Waals surface area contributed by atoms with Crippen molar-refractivity contribution in [1.29, 1.82) is 0 Å². The topological polar surface area (TPSA) is 35.2 Å². The van der Waals surface area contributed by atoms with Gasteiger partial charge in [0.15, 0.2) is 0 Å². The van der Waals surface area contributed by atoms with E-state index < -0.39 is 0 Å². The molecule has 2 N–H and O–H groups in total. The van der Waals surface area contributed by atoms with Gasteiger partial charge in [-0.1, -0.05) is 30.0 Å². The summed E-state index contributed by atoms with van der Waals surface area (Å²) in [6, 6.07) is 10.1. The van der Waals surface area contributed by atoms with Gasteiger partial charge in [-0.05, 0) is 24.6 Å². The third kappa shape index (κ3) is 3.36. The zero-order valence-electron chi connectivity index (χ0n) is 10.3. The Balaban J connectivity index is 1.98. The lowest BCUT2D eigenvalue weighted by molar-refractivity contribution is 0.307. The Labute approximate surface area is 111 Å². The van der Waals surface area contributed by atoms with E-state index in [0.29, 0.717) is 13.2 Å². The van der Waals surface area contributed by atoms with Gasteiger partial charge in [0, 0.05) is 15.8 Å². The molecule has 0 aliphatic heterocycles. The molecule has 3 heteroatoms. The summed E-state index contributed by atoms with van der Waals surface area (Å²) in [7, 11) is 0. The molecule has 0 spiro atoms. The van der Waals surface area contributed by atoms with Crippen LogP contribution in [0.2, 0.25) is 0 Å². The minimum Gasteiger partial charge on any atom is -0.488 e. The lowest BCUT2D eigenvalue weighted by atomic mass is 10.2. The summed E-state index contributed by atoms with van der Waals surface area (Å²) in [5, 5.41) is 2.03. The molecule has 0 saturated heterocycles. The molecule has 0 atom stereocenters. The number of hydrogen-bond donors (Lipinski definition) is 1. The predicted octanol–water partition coefficient (Wildman–Crippen LogP) is 2.95. The van der Waals surface area contributed by atoms with Gasteiger partial charge < -0.3 is 10.5 Å². The van der Waals surface area contributed by atoms with Crippen LogP contribution in [0.1, 0.15) is 16.0 Å². The molecule has 92 valence electrons. The first kappa shape index (κ1) is 12.7. The van der Waals surface area contributed by atoms with E-state index in [1.54, 1.807) is 11.3 Å². The molecule has 0 amide bonds. The Morgan fingerprint density at radius 3 is 2.94 bits per heavy atom. The Morgan fingerprint density at radius 1 is 1.33 bits per heavy atom. The molecule has 18 heavy (non-hydrogen) atoms. The van der Waals surface area contributed by atoms with E-state index in [2.05, 4.69) is 11.8 Å². The van der Waals surface area contributed by atoms with Crippen LogP contribution >= 0.6 is 11.3 Å². The fourth-order valence-corrected chi connectivity index (χ4v) is 2.27. The number of benzene rings is 1. The number of aryl methyl sites for hydroxylation is 1. The molecule has 2 nitrogen and oxygen atoms in total. The van der Waals surface area contributed by atoms with Gasteiger partial charge in [0.25, 0.3) is 0 Å². The highest BCUT2D eigenvalue weighted by Gasteiger charge is 2.01. The molecule has 0 bridgehead atoms. The summed E-state index contributed by atoms with van der Waals surface area (Å²) >= 11 is 1.66. The number of thiophene rings is 1. The highest BCUT2D eigenvalue weighted by Crippen LogP contribution is 2.20. The van der Waals surface area contributed by atoms with Gasteiger partial charge >= 0.3 is 0 Å². The second-order valence-electron chi connectivity index (χ2n) is 3.86. The molecule has 2 rings (SSSR count). The van der Waals surface area contributed by atoms with E-state index >= 15 is 0 Å². The third-order valence-electron chi connectivity index (χ3n) is 2.45.